The summed E-state index contributed by atoms with van der Waals surface area (Å²) in [6.45, 7) is 1.83. The highest BCUT2D eigenvalue weighted by molar-refractivity contribution is 9.11. The number of nitrogens with zero attached hydrogens (tertiary/aromatic N) is 1. The summed E-state index contributed by atoms with van der Waals surface area (Å²) in [7, 11) is -2.16. The second kappa shape index (κ2) is 5.22. The lowest BCUT2D eigenvalue weighted by Crippen LogP contribution is -2.25. The fraction of sp³-hybridized carbons (Fsp3) is 0.167. The van der Waals surface area contributed by atoms with Crippen LogP contribution in [0, 0.1) is 12.7 Å². The van der Waals surface area contributed by atoms with Crippen molar-refractivity contribution in [3.8, 4) is 0 Å². The zero-order chi connectivity index (χ0) is 14.2. The number of benzene rings is 1. The average Bonchev–Trinajstić information content (AvgIpc) is 2.70. The molecular weight excluding hydrogens is 353 g/mol. The molecule has 0 radical (unpaired) electrons. The summed E-state index contributed by atoms with van der Waals surface area (Å²) >= 11 is 4.47. The van der Waals surface area contributed by atoms with Crippen molar-refractivity contribution in [1.82, 2.24) is 0 Å². The number of hydrogen-bond acceptors (Lipinski definition) is 3. The summed E-state index contributed by atoms with van der Waals surface area (Å²) in [6, 6.07) is 6.95. The lowest BCUT2D eigenvalue weighted by Gasteiger charge is -2.18. The first-order valence-corrected chi connectivity index (χ1v) is 8.38. The van der Waals surface area contributed by atoms with Crippen LogP contribution in [-0.2, 0) is 10.0 Å². The molecule has 0 saturated carbocycles. The summed E-state index contributed by atoms with van der Waals surface area (Å²) in [4.78, 5) is 0. The summed E-state index contributed by atoms with van der Waals surface area (Å²) in [5, 5.41) is 0. The molecule has 7 heteroatoms. The zero-order valence-corrected chi connectivity index (χ0v) is 13.4. The number of thiophene rings is 1. The van der Waals surface area contributed by atoms with Crippen LogP contribution >= 0.6 is 27.3 Å². The van der Waals surface area contributed by atoms with Crippen molar-refractivity contribution >= 4 is 43.0 Å². The van der Waals surface area contributed by atoms with Gasteiger partial charge in [0.2, 0.25) is 0 Å². The van der Waals surface area contributed by atoms with E-state index in [1.807, 2.05) is 6.92 Å². The van der Waals surface area contributed by atoms with Crippen LogP contribution in [0.1, 0.15) is 5.56 Å². The van der Waals surface area contributed by atoms with Gasteiger partial charge >= 0.3 is 0 Å². The van der Waals surface area contributed by atoms with Crippen LogP contribution in [0.3, 0.4) is 0 Å². The van der Waals surface area contributed by atoms with Gasteiger partial charge in [0.05, 0.1) is 9.47 Å². The van der Waals surface area contributed by atoms with E-state index in [0.717, 1.165) is 25.0 Å². The molecule has 0 N–H and O–H groups in total. The molecule has 0 unspecified atom stereocenters. The number of anilines is 1. The zero-order valence-electron chi connectivity index (χ0n) is 10.2. The Hall–Kier alpha value is -0.920. The first-order valence-electron chi connectivity index (χ1n) is 5.33. The predicted octanol–water partition coefficient (Wildman–Crippen LogP) is 3.78. The Kier molecular flexibility index (Phi) is 3.98. The molecule has 0 aliphatic heterocycles. The van der Waals surface area contributed by atoms with Crippen molar-refractivity contribution in [2.75, 3.05) is 11.4 Å². The Morgan fingerprint density at radius 1 is 1.26 bits per heavy atom. The van der Waals surface area contributed by atoms with Crippen molar-refractivity contribution < 1.29 is 12.8 Å². The largest absolute Gasteiger partial charge is 0.273 e. The number of sulfonamides is 1. The normalized spacial score (nSPS) is 11.6. The van der Waals surface area contributed by atoms with E-state index in [1.165, 1.54) is 31.3 Å². The highest BCUT2D eigenvalue weighted by Gasteiger charge is 2.24. The van der Waals surface area contributed by atoms with Crippen LogP contribution in [-0.4, -0.2) is 15.5 Å². The third kappa shape index (κ3) is 2.82. The molecule has 2 aromatic rings. The number of rotatable bonds is 3. The van der Waals surface area contributed by atoms with Crippen molar-refractivity contribution in [3.63, 3.8) is 0 Å². The minimum absolute atomic E-state index is 0.253. The summed E-state index contributed by atoms with van der Waals surface area (Å²) in [5.74, 6) is -0.399. The standard InChI is InChI=1S/C12H11BrFNO2S2/c1-8-7-11(18-12(8)13)19(16,17)15(2)10-5-3-9(14)4-6-10/h3-7H,1-2H3. The first kappa shape index (κ1) is 14.5. The molecule has 0 spiro atoms. The van der Waals surface area contributed by atoms with E-state index in [-0.39, 0.29) is 4.21 Å². The molecule has 0 saturated heterocycles. The van der Waals surface area contributed by atoms with E-state index in [9.17, 15) is 12.8 Å². The lowest BCUT2D eigenvalue weighted by atomic mass is 10.3. The number of aryl methyl sites for hydroxylation is 1. The van der Waals surface area contributed by atoms with Crippen molar-refractivity contribution in [2.45, 2.75) is 11.1 Å². The van der Waals surface area contributed by atoms with Crippen LogP contribution < -0.4 is 4.31 Å². The molecule has 0 fully saturated rings. The maximum absolute atomic E-state index is 12.9. The number of hydrogen-bond donors (Lipinski definition) is 0. The van der Waals surface area contributed by atoms with Gasteiger partial charge in [-0.15, -0.1) is 11.3 Å². The molecule has 1 aromatic carbocycles. The molecule has 0 amide bonds. The third-order valence-electron chi connectivity index (χ3n) is 2.64. The van der Waals surface area contributed by atoms with Crippen LogP contribution in [0.5, 0.6) is 0 Å². The van der Waals surface area contributed by atoms with Crippen molar-refractivity contribution in [2.24, 2.45) is 0 Å². The van der Waals surface area contributed by atoms with Gasteiger partial charge in [0.1, 0.15) is 10.0 Å². The second-order valence-electron chi connectivity index (χ2n) is 3.97. The number of halogens is 2. The molecule has 1 aromatic heterocycles. The molecule has 102 valence electrons. The van der Waals surface area contributed by atoms with Gasteiger partial charge in [-0.3, -0.25) is 4.31 Å². The Bertz CT molecular complexity index is 676. The van der Waals surface area contributed by atoms with Gasteiger partial charge in [-0.1, -0.05) is 0 Å². The van der Waals surface area contributed by atoms with Crippen LogP contribution in [0.2, 0.25) is 0 Å². The minimum atomic E-state index is -3.61. The van der Waals surface area contributed by atoms with E-state index in [4.69, 9.17) is 0 Å². The van der Waals surface area contributed by atoms with E-state index in [1.54, 1.807) is 6.07 Å². The second-order valence-corrected chi connectivity index (χ2v) is 8.54. The van der Waals surface area contributed by atoms with Gasteiger partial charge in [0, 0.05) is 7.05 Å². The maximum atomic E-state index is 12.9. The van der Waals surface area contributed by atoms with Gasteiger partial charge < -0.3 is 0 Å². The van der Waals surface area contributed by atoms with E-state index < -0.39 is 15.8 Å². The van der Waals surface area contributed by atoms with E-state index in [2.05, 4.69) is 15.9 Å². The molecule has 19 heavy (non-hydrogen) atoms. The molecule has 0 bridgehead atoms. The Morgan fingerprint density at radius 2 is 1.84 bits per heavy atom. The minimum Gasteiger partial charge on any atom is -0.269 e. The highest BCUT2D eigenvalue weighted by Crippen LogP contribution is 2.33. The average molecular weight is 364 g/mol. The lowest BCUT2D eigenvalue weighted by molar-refractivity contribution is 0.596. The first-order chi connectivity index (χ1) is 8.82. The van der Waals surface area contributed by atoms with Crippen LogP contribution in [0.4, 0.5) is 10.1 Å². The summed E-state index contributed by atoms with van der Waals surface area (Å²) < 4.78 is 39.9. The molecule has 0 aliphatic rings. The van der Waals surface area contributed by atoms with Crippen molar-refractivity contribution in [1.29, 1.82) is 0 Å². The van der Waals surface area contributed by atoms with Crippen LogP contribution in [0.25, 0.3) is 0 Å². The Balaban J connectivity index is 2.41. The Labute approximate surface area is 123 Å². The topological polar surface area (TPSA) is 37.4 Å². The Morgan fingerprint density at radius 3 is 2.32 bits per heavy atom. The van der Waals surface area contributed by atoms with E-state index in [0.29, 0.717) is 5.69 Å². The fourth-order valence-corrected chi connectivity index (χ4v) is 5.08. The van der Waals surface area contributed by atoms with Gasteiger partial charge in [-0.25, -0.2) is 12.8 Å². The molecular formula is C12H11BrFNO2S2. The van der Waals surface area contributed by atoms with Crippen LogP contribution in [0.15, 0.2) is 38.3 Å². The molecule has 1 heterocycles. The summed E-state index contributed by atoms with van der Waals surface area (Å²) in [6.07, 6.45) is 0. The van der Waals surface area contributed by atoms with E-state index >= 15 is 0 Å². The fourth-order valence-electron chi connectivity index (χ4n) is 1.48. The molecule has 0 atom stereocenters. The smallest absolute Gasteiger partial charge is 0.269 e. The van der Waals surface area contributed by atoms with Gasteiger partial charge in [-0.2, -0.15) is 0 Å². The third-order valence-corrected chi connectivity index (χ3v) is 7.01. The SMILES string of the molecule is Cc1cc(S(=O)(=O)N(C)c2ccc(F)cc2)sc1Br. The quantitative estimate of drug-likeness (QED) is 0.831. The molecule has 0 aliphatic carbocycles. The van der Waals surface area contributed by atoms with Gasteiger partial charge in [0.15, 0.2) is 0 Å². The van der Waals surface area contributed by atoms with Gasteiger partial charge in [0.25, 0.3) is 10.0 Å². The predicted molar refractivity (Wildman–Crippen MR) is 78.7 cm³/mol. The van der Waals surface area contributed by atoms with Gasteiger partial charge in [-0.05, 0) is 58.7 Å². The monoisotopic (exact) mass is 363 g/mol. The summed E-state index contributed by atoms with van der Waals surface area (Å²) in [5.41, 5.74) is 1.29. The van der Waals surface area contributed by atoms with Crippen molar-refractivity contribution in [3.05, 3.63) is 45.5 Å². The molecule has 3 nitrogen and oxygen atoms in total. The highest BCUT2D eigenvalue weighted by atomic mass is 79.9. The molecule has 2 rings (SSSR count). The maximum Gasteiger partial charge on any atom is 0.273 e.